The van der Waals surface area contributed by atoms with E-state index < -0.39 is 23.0 Å². The van der Waals surface area contributed by atoms with Crippen LogP contribution in [0.4, 0.5) is 5.82 Å². The van der Waals surface area contributed by atoms with Crippen LogP contribution in [0.15, 0.2) is 47.1 Å². The lowest BCUT2D eigenvalue weighted by molar-refractivity contribution is -0.170. The standard InChI is InChI=1S/C19H18N6O6S/c1-25(30-3)14(26)11-31-19-15(12-7-4-5-8-13(12)29-2)16(24-32(27)28)22-18(23-19)17-20-9-6-10-21-17/h4-10H,11H2,1-3H3. The number of amides is 1. The van der Waals surface area contributed by atoms with Gasteiger partial charge in [-0.05, 0) is 12.1 Å². The summed E-state index contributed by atoms with van der Waals surface area (Å²) in [6, 6.07) is 8.35. The van der Waals surface area contributed by atoms with Crippen molar-refractivity contribution < 1.29 is 27.5 Å². The summed E-state index contributed by atoms with van der Waals surface area (Å²) in [5.74, 6) is -0.413. The predicted molar refractivity (Wildman–Crippen MR) is 111 cm³/mol. The predicted octanol–water partition coefficient (Wildman–Crippen LogP) is 1.70. The van der Waals surface area contributed by atoms with E-state index in [-0.39, 0.29) is 28.9 Å². The van der Waals surface area contributed by atoms with Gasteiger partial charge in [-0.1, -0.05) is 18.2 Å². The number of hydrogen-bond acceptors (Lipinski definition) is 11. The molecule has 166 valence electrons. The molecule has 0 aliphatic rings. The van der Waals surface area contributed by atoms with E-state index in [1.165, 1.54) is 33.7 Å². The Labute approximate surface area is 184 Å². The molecule has 0 unspecified atom stereocenters. The lowest BCUT2D eigenvalue weighted by Gasteiger charge is -2.17. The maximum Gasteiger partial charge on any atom is 0.317 e. The molecule has 0 saturated heterocycles. The van der Waals surface area contributed by atoms with Crippen LogP contribution in [-0.2, 0) is 20.1 Å². The van der Waals surface area contributed by atoms with E-state index in [2.05, 4.69) is 24.3 Å². The summed E-state index contributed by atoms with van der Waals surface area (Å²) in [4.78, 5) is 33.8. The quantitative estimate of drug-likeness (QED) is 0.457. The van der Waals surface area contributed by atoms with Gasteiger partial charge in [-0.15, -0.1) is 4.36 Å². The summed E-state index contributed by atoms with van der Waals surface area (Å²) in [5, 5.41) is 0.975. The first-order valence-electron chi connectivity index (χ1n) is 9.02. The molecule has 1 amide bonds. The molecule has 13 heteroatoms. The van der Waals surface area contributed by atoms with Gasteiger partial charge in [-0.3, -0.25) is 9.63 Å². The fourth-order valence-electron chi connectivity index (χ4n) is 2.59. The highest BCUT2D eigenvalue weighted by Gasteiger charge is 2.23. The van der Waals surface area contributed by atoms with Crippen LogP contribution in [0.3, 0.4) is 0 Å². The highest BCUT2D eigenvalue weighted by molar-refractivity contribution is 7.61. The Morgan fingerprint density at radius 1 is 1.06 bits per heavy atom. The molecule has 0 spiro atoms. The van der Waals surface area contributed by atoms with Gasteiger partial charge in [-0.2, -0.15) is 13.4 Å². The van der Waals surface area contributed by atoms with Crippen LogP contribution in [-0.4, -0.2) is 67.2 Å². The van der Waals surface area contributed by atoms with Crippen LogP contribution in [0, 0.1) is 0 Å². The van der Waals surface area contributed by atoms with Gasteiger partial charge < -0.3 is 9.47 Å². The number of aromatic nitrogens is 4. The third kappa shape index (κ3) is 5.19. The SMILES string of the molecule is COc1ccccc1-c1c(N=S(=O)=O)nc(-c2ncccn2)nc1OCC(=O)N(C)OC. The second-order valence-corrected chi connectivity index (χ2v) is 6.61. The molecule has 3 aromatic rings. The first kappa shape index (κ1) is 22.7. The van der Waals surface area contributed by atoms with Crippen molar-refractivity contribution in [2.24, 2.45) is 4.36 Å². The monoisotopic (exact) mass is 458 g/mol. The number of methoxy groups -OCH3 is 1. The Morgan fingerprint density at radius 2 is 1.78 bits per heavy atom. The van der Waals surface area contributed by atoms with E-state index in [0.717, 1.165) is 5.06 Å². The van der Waals surface area contributed by atoms with Gasteiger partial charge >= 0.3 is 10.5 Å². The molecule has 12 nitrogen and oxygen atoms in total. The zero-order valence-electron chi connectivity index (χ0n) is 17.3. The van der Waals surface area contributed by atoms with E-state index in [9.17, 15) is 13.2 Å². The summed E-state index contributed by atoms with van der Waals surface area (Å²) in [6.45, 7) is -0.460. The molecule has 2 heterocycles. The van der Waals surface area contributed by atoms with Gasteiger partial charge in [0.1, 0.15) is 5.75 Å². The summed E-state index contributed by atoms with van der Waals surface area (Å²) in [6.07, 6.45) is 2.94. The van der Waals surface area contributed by atoms with Crippen LogP contribution >= 0.6 is 0 Å². The fourth-order valence-corrected chi connectivity index (χ4v) is 2.87. The first-order valence-corrected chi connectivity index (χ1v) is 10.0. The number of carbonyl (C=O) groups is 1. The van der Waals surface area contributed by atoms with E-state index in [0.29, 0.717) is 11.3 Å². The van der Waals surface area contributed by atoms with Crippen molar-refractivity contribution >= 4 is 22.2 Å². The smallest absolute Gasteiger partial charge is 0.317 e. The van der Waals surface area contributed by atoms with Crippen molar-refractivity contribution in [3.05, 3.63) is 42.7 Å². The third-order valence-corrected chi connectivity index (χ3v) is 4.44. The number of ether oxygens (including phenoxy) is 2. The topological polar surface area (TPSA) is 146 Å². The Hall–Kier alpha value is -3.97. The van der Waals surface area contributed by atoms with Crippen molar-refractivity contribution in [1.82, 2.24) is 25.0 Å². The van der Waals surface area contributed by atoms with Crippen molar-refractivity contribution in [3.63, 3.8) is 0 Å². The van der Waals surface area contributed by atoms with Crippen molar-refractivity contribution in [3.8, 4) is 34.4 Å². The molecule has 0 fully saturated rings. The molecule has 0 bridgehead atoms. The molecular formula is C19H18N6O6S. The number of hydroxylamine groups is 2. The molecule has 3 rings (SSSR count). The number of rotatable bonds is 8. The number of benzene rings is 1. The maximum absolute atomic E-state index is 12.2. The average Bonchev–Trinajstić information content (AvgIpc) is 2.81. The zero-order valence-corrected chi connectivity index (χ0v) is 18.1. The minimum absolute atomic E-state index is 0.0454. The van der Waals surface area contributed by atoms with Crippen molar-refractivity contribution in [2.45, 2.75) is 0 Å². The molecule has 2 aromatic heterocycles. The second kappa shape index (κ2) is 10.4. The van der Waals surface area contributed by atoms with Crippen molar-refractivity contribution in [2.75, 3.05) is 27.9 Å². The molecule has 0 radical (unpaired) electrons. The minimum Gasteiger partial charge on any atom is -0.496 e. The molecule has 0 aliphatic heterocycles. The van der Waals surface area contributed by atoms with Crippen LogP contribution in [0.2, 0.25) is 0 Å². The normalized spacial score (nSPS) is 10.3. The van der Waals surface area contributed by atoms with Crippen LogP contribution < -0.4 is 9.47 Å². The van der Waals surface area contributed by atoms with Gasteiger partial charge in [0.2, 0.25) is 11.7 Å². The second-order valence-electron chi connectivity index (χ2n) is 5.99. The van der Waals surface area contributed by atoms with Gasteiger partial charge in [0.15, 0.2) is 18.2 Å². The van der Waals surface area contributed by atoms with Crippen molar-refractivity contribution in [1.29, 1.82) is 0 Å². The molecule has 0 atom stereocenters. The molecular weight excluding hydrogens is 440 g/mol. The first-order chi connectivity index (χ1) is 15.4. The fraction of sp³-hybridized carbons (Fsp3) is 0.211. The Morgan fingerprint density at radius 3 is 2.44 bits per heavy atom. The zero-order chi connectivity index (χ0) is 23.1. The maximum atomic E-state index is 12.2. The minimum atomic E-state index is -2.85. The molecule has 1 aromatic carbocycles. The number of likely N-dealkylation sites (N-methyl/N-ethyl adjacent to an activating group) is 1. The van der Waals surface area contributed by atoms with Crippen LogP contribution in [0.5, 0.6) is 11.6 Å². The van der Waals surface area contributed by atoms with Gasteiger partial charge in [-0.25, -0.2) is 20.0 Å². The van der Waals surface area contributed by atoms with Crippen LogP contribution in [0.1, 0.15) is 0 Å². The Kier molecular flexibility index (Phi) is 7.36. The summed E-state index contributed by atoms with van der Waals surface area (Å²) in [7, 11) is 1.34. The summed E-state index contributed by atoms with van der Waals surface area (Å²) in [5.41, 5.74) is 0.515. The summed E-state index contributed by atoms with van der Waals surface area (Å²) < 4.78 is 37.5. The summed E-state index contributed by atoms with van der Waals surface area (Å²) >= 11 is 0. The lowest BCUT2D eigenvalue weighted by Crippen LogP contribution is -2.30. The highest BCUT2D eigenvalue weighted by atomic mass is 32.2. The molecule has 32 heavy (non-hydrogen) atoms. The largest absolute Gasteiger partial charge is 0.496 e. The highest BCUT2D eigenvalue weighted by Crippen LogP contribution is 2.41. The number of hydrogen-bond donors (Lipinski definition) is 0. The van der Waals surface area contributed by atoms with E-state index >= 15 is 0 Å². The number of nitrogens with zero attached hydrogens (tertiary/aromatic N) is 6. The third-order valence-electron chi connectivity index (χ3n) is 4.12. The van der Waals surface area contributed by atoms with Gasteiger partial charge in [0.05, 0.1) is 19.8 Å². The lowest BCUT2D eigenvalue weighted by atomic mass is 10.1. The molecule has 0 N–H and O–H groups in total. The average molecular weight is 458 g/mol. The molecule has 0 saturated carbocycles. The van der Waals surface area contributed by atoms with E-state index in [4.69, 9.17) is 14.3 Å². The van der Waals surface area contributed by atoms with Crippen LogP contribution in [0.25, 0.3) is 22.8 Å². The molecule has 0 aliphatic carbocycles. The van der Waals surface area contributed by atoms with Gasteiger partial charge in [0.25, 0.3) is 5.91 Å². The van der Waals surface area contributed by atoms with E-state index in [1.807, 2.05) is 0 Å². The number of para-hydroxylation sites is 1. The van der Waals surface area contributed by atoms with E-state index in [1.54, 1.807) is 30.3 Å². The Balaban J connectivity index is 2.26. The number of carbonyl (C=O) groups excluding carboxylic acids is 1. The Bertz CT molecular complexity index is 1240. The van der Waals surface area contributed by atoms with Gasteiger partial charge in [0, 0.05) is 25.0 Å².